The first-order chi connectivity index (χ1) is 8.06. The zero-order valence-corrected chi connectivity index (χ0v) is 9.56. The van der Waals surface area contributed by atoms with Gasteiger partial charge in [-0.3, -0.25) is 4.79 Å². The van der Waals surface area contributed by atoms with Gasteiger partial charge in [-0.2, -0.15) is 0 Å². The normalized spacial score (nSPS) is 32.8. The Balaban J connectivity index is 1.79. The maximum atomic E-state index is 12.9. The van der Waals surface area contributed by atoms with Crippen molar-refractivity contribution in [1.82, 2.24) is 10.2 Å². The summed E-state index contributed by atoms with van der Waals surface area (Å²) in [4.78, 5) is 24.0. The Bertz CT molecular complexity index is 324. The van der Waals surface area contributed by atoms with Gasteiger partial charge in [0.2, 0.25) is 0 Å². The van der Waals surface area contributed by atoms with E-state index in [1.807, 2.05) is 0 Å². The van der Waals surface area contributed by atoms with E-state index >= 15 is 0 Å². The topological polar surface area (TPSA) is 69.6 Å². The summed E-state index contributed by atoms with van der Waals surface area (Å²) >= 11 is 0. The van der Waals surface area contributed by atoms with Gasteiger partial charge in [-0.15, -0.1) is 0 Å². The quantitative estimate of drug-likeness (QED) is 0.761. The molecular weight excluding hydrogens is 227 g/mol. The first-order valence-electron chi connectivity index (χ1n) is 5.98. The van der Waals surface area contributed by atoms with Gasteiger partial charge >= 0.3 is 12.0 Å². The van der Waals surface area contributed by atoms with Crippen molar-refractivity contribution in [2.75, 3.05) is 13.1 Å². The number of carbonyl (C=O) groups excluding carboxylic acids is 1. The molecule has 2 rings (SSSR count). The molecule has 1 saturated carbocycles. The lowest BCUT2D eigenvalue weighted by atomic mass is 10.1. The van der Waals surface area contributed by atoms with E-state index in [9.17, 15) is 14.0 Å². The van der Waals surface area contributed by atoms with Crippen LogP contribution in [0.5, 0.6) is 0 Å². The van der Waals surface area contributed by atoms with Gasteiger partial charge in [0, 0.05) is 19.1 Å². The van der Waals surface area contributed by atoms with E-state index in [2.05, 4.69) is 5.32 Å². The van der Waals surface area contributed by atoms with Crippen molar-refractivity contribution in [3.05, 3.63) is 0 Å². The number of nitrogens with one attached hydrogen (secondary N) is 1. The van der Waals surface area contributed by atoms with Crippen LogP contribution in [0.3, 0.4) is 0 Å². The molecule has 96 valence electrons. The third-order valence-electron chi connectivity index (χ3n) is 3.52. The maximum Gasteiger partial charge on any atom is 0.317 e. The molecule has 0 bridgehead atoms. The largest absolute Gasteiger partial charge is 0.481 e. The average molecular weight is 244 g/mol. The number of carboxylic acid groups (broad SMARTS) is 1. The SMILES string of the molecule is O=C(O)C1CCN(C(=O)NC2CCC(F)C2)C1. The molecule has 0 spiro atoms. The second kappa shape index (κ2) is 4.89. The molecule has 1 aliphatic carbocycles. The van der Waals surface area contributed by atoms with Crippen molar-refractivity contribution in [3.63, 3.8) is 0 Å². The Hall–Kier alpha value is -1.33. The number of carboxylic acids is 1. The van der Waals surface area contributed by atoms with Crippen LogP contribution in [0.15, 0.2) is 0 Å². The highest BCUT2D eigenvalue weighted by Gasteiger charge is 2.33. The molecule has 17 heavy (non-hydrogen) atoms. The summed E-state index contributed by atoms with van der Waals surface area (Å²) in [6, 6.07) is -0.353. The number of alkyl halides is 1. The number of hydrogen-bond donors (Lipinski definition) is 2. The molecule has 1 aliphatic heterocycles. The Kier molecular flexibility index (Phi) is 3.49. The maximum absolute atomic E-state index is 12.9. The minimum absolute atomic E-state index is 0.0959. The van der Waals surface area contributed by atoms with Gasteiger partial charge < -0.3 is 15.3 Å². The summed E-state index contributed by atoms with van der Waals surface area (Å²) in [6.07, 6.45) is 1.23. The number of rotatable bonds is 2. The minimum Gasteiger partial charge on any atom is -0.481 e. The Morgan fingerprint density at radius 3 is 2.59 bits per heavy atom. The number of amides is 2. The number of carbonyl (C=O) groups is 2. The van der Waals surface area contributed by atoms with Gasteiger partial charge in [-0.05, 0) is 25.7 Å². The summed E-state index contributed by atoms with van der Waals surface area (Å²) in [7, 11) is 0. The van der Waals surface area contributed by atoms with E-state index in [0.29, 0.717) is 32.2 Å². The summed E-state index contributed by atoms with van der Waals surface area (Å²) in [5, 5.41) is 11.6. The van der Waals surface area contributed by atoms with Gasteiger partial charge in [0.15, 0.2) is 0 Å². The lowest BCUT2D eigenvalue weighted by Crippen LogP contribution is -2.43. The van der Waals surface area contributed by atoms with E-state index in [1.54, 1.807) is 0 Å². The summed E-state index contributed by atoms with van der Waals surface area (Å²) in [6.45, 7) is 0.724. The van der Waals surface area contributed by atoms with Crippen LogP contribution in [0.25, 0.3) is 0 Å². The smallest absolute Gasteiger partial charge is 0.317 e. The van der Waals surface area contributed by atoms with E-state index < -0.39 is 18.1 Å². The minimum atomic E-state index is -0.856. The molecule has 3 unspecified atom stereocenters. The third-order valence-corrected chi connectivity index (χ3v) is 3.52. The van der Waals surface area contributed by atoms with Crippen molar-refractivity contribution in [2.45, 2.75) is 37.9 Å². The van der Waals surface area contributed by atoms with Crippen LogP contribution >= 0.6 is 0 Å². The van der Waals surface area contributed by atoms with Crippen LogP contribution in [-0.4, -0.2) is 47.3 Å². The number of likely N-dealkylation sites (tertiary alicyclic amines) is 1. The fraction of sp³-hybridized carbons (Fsp3) is 0.818. The lowest BCUT2D eigenvalue weighted by Gasteiger charge is -2.20. The molecule has 2 aliphatic rings. The van der Waals surface area contributed by atoms with Crippen LogP contribution in [-0.2, 0) is 4.79 Å². The van der Waals surface area contributed by atoms with Gasteiger partial charge in [-0.25, -0.2) is 9.18 Å². The number of hydrogen-bond acceptors (Lipinski definition) is 2. The van der Waals surface area contributed by atoms with Crippen LogP contribution in [0.4, 0.5) is 9.18 Å². The fourth-order valence-corrected chi connectivity index (χ4v) is 2.47. The molecule has 1 saturated heterocycles. The Morgan fingerprint density at radius 1 is 1.29 bits per heavy atom. The van der Waals surface area contributed by atoms with E-state index in [-0.39, 0.29) is 18.6 Å². The zero-order chi connectivity index (χ0) is 12.4. The van der Waals surface area contributed by atoms with Crippen molar-refractivity contribution in [2.24, 2.45) is 5.92 Å². The third kappa shape index (κ3) is 2.87. The number of nitrogens with zero attached hydrogens (tertiary/aromatic N) is 1. The van der Waals surface area contributed by atoms with Crippen LogP contribution in [0.2, 0.25) is 0 Å². The number of halogens is 1. The molecule has 2 amide bonds. The van der Waals surface area contributed by atoms with E-state index in [1.165, 1.54) is 4.90 Å². The standard InChI is InChI=1S/C11H17FN2O3/c12-8-1-2-9(5-8)13-11(17)14-4-3-7(6-14)10(15)16/h7-9H,1-6H2,(H,13,17)(H,15,16). The van der Waals surface area contributed by atoms with Crippen molar-refractivity contribution in [1.29, 1.82) is 0 Å². The molecule has 3 atom stereocenters. The summed E-state index contributed by atoms with van der Waals surface area (Å²) < 4.78 is 12.9. The highest BCUT2D eigenvalue weighted by atomic mass is 19.1. The Labute approximate surface area is 99.0 Å². The van der Waals surface area contributed by atoms with Crippen LogP contribution in [0, 0.1) is 5.92 Å². The van der Waals surface area contributed by atoms with E-state index in [0.717, 1.165) is 0 Å². The molecule has 1 heterocycles. The van der Waals surface area contributed by atoms with Crippen LogP contribution in [0.1, 0.15) is 25.7 Å². The van der Waals surface area contributed by atoms with Gasteiger partial charge in [0.05, 0.1) is 5.92 Å². The van der Waals surface area contributed by atoms with Gasteiger partial charge in [-0.1, -0.05) is 0 Å². The van der Waals surface area contributed by atoms with Crippen molar-refractivity contribution in [3.8, 4) is 0 Å². The first kappa shape index (κ1) is 12.1. The van der Waals surface area contributed by atoms with Crippen LogP contribution < -0.4 is 5.32 Å². The molecule has 2 fully saturated rings. The highest BCUT2D eigenvalue weighted by Crippen LogP contribution is 2.23. The molecule has 5 nitrogen and oxygen atoms in total. The number of aliphatic carboxylic acids is 1. The average Bonchev–Trinajstić information content (AvgIpc) is 2.86. The van der Waals surface area contributed by atoms with E-state index in [4.69, 9.17) is 5.11 Å². The fourth-order valence-electron chi connectivity index (χ4n) is 2.47. The first-order valence-corrected chi connectivity index (χ1v) is 5.98. The van der Waals surface area contributed by atoms with Crippen molar-refractivity contribution < 1.29 is 19.1 Å². The lowest BCUT2D eigenvalue weighted by molar-refractivity contribution is -0.141. The van der Waals surface area contributed by atoms with Gasteiger partial charge in [0.1, 0.15) is 6.17 Å². The predicted octanol–water partition coefficient (Wildman–Crippen LogP) is 0.993. The molecule has 0 aromatic heterocycles. The van der Waals surface area contributed by atoms with Crippen molar-refractivity contribution >= 4 is 12.0 Å². The zero-order valence-electron chi connectivity index (χ0n) is 9.56. The molecule has 0 aromatic rings. The second-order valence-corrected chi connectivity index (χ2v) is 4.83. The molecule has 6 heteroatoms. The number of urea groups is 1. The van der Waals surface area contributed by atoms with Gasteiger partial charge in [0.25, 0.3) is 0 Å². The Morgan fingerprint density at radius 2 is 2.06 bits per heavy atom. The summed E-state index contributed by atoms with van der Waals surface area (Å²) in [5.74, 6) is -1.32. The highest BCUT2D eigenvalue weighted by molar-refractivity contribution is 5.77. The second-order valence-electron chi connectivity index (χ2n) is 4.83. The summed E-state index contributed by atoms with van der Waals surface area (Å²) in [5.41, 5.74) is 0. The monoisotopic (exact) mass is 244 g/mol. The molecule has 0 aromatic carbocycles. The molecule has 0 radical (unpaired) electrons. The predicted molar refractivity (Wildman–Crippen MR) is 58.4 cm³/mol. The molecule has 2 N–H and O–H groups in total. The molecular formula is C11H17FN2O3.